The Morgan fingerprint density at radius 2 is 1.85 bits per heavy atom. The predicted octanol–water partition coefficient (Wildman–Crippen LogP) is 3.94. The van der Waals surface area contributed by atoms with Crippen molar-refractivity contribution in [1.29, 1.82) is 5.26 Å². The number of benzene rings is 2. The lowest BCUT2D eigenvalue weighted by Gasteiger charge is -1.99. The molecule has 0 aliphatic heterocycles. The van der Waals surface area contributed by atoms with Crippen LogP contribution in [0.1, 0.15) is 11.1 Å². The number of aromatic nitrogens is 1. The topological polar surface area (TPSA) is 59.8 Å². The van der Waals surface area contributed by atoms with Gasteiger partial charge in [-0.25, -0.2) is 0 Å². The van der Waals surface area contributed by atoms with E-state index in [4.69, 9.17) is 0 Å². The van der Waals surface area contributed by atoms with Crippen LogP contribution in [0.3, 0.4) is 0 Å². The van der Waals surface area contributed by atoms with Crippen LogP contribution in [0.2, 0.25) is 0 Å². The Morgan fingerprint density at radius 3 is 2.60 bits per heavy atom. The molecule has 3 nitrogen and oxygen atoms in total. The molecule has 3 aromatic rings. The van der Waals surface area contributed by atoms with E-state index in [1.807, 2.05) is 36.5 Å². The Morgan fingerprint density at radius 1 is 1.10 bits per heavy atom. The summed E-state index contributed by atoms with van der Waals surface area (Å²) in [6.45, 7) is 0. The van der Waals surface area contributed by atoms with Crippen molar-refractivity contribution >= 4 is 22.6 Å². The summed E-state index contributed by atoms with van der Waals surface area (Å²) in [5.41, 5.74) is 3.36. The number of aromatic amines is 1. The number of phenolic OH excluding ortho intramolecular Hbond substituents is 1. The third-order valence-corrected chi connectivity index (χ3v) is 3.20. The molecule has 2 N–H and O–H groups in total. The Balaban J connectivity index is 2.10. The molecular weight excluding hydrogens is 248 g/mol. The minimum absolute atomic E-state index is 0.216. The SMILES string of the molecule is N#C/C(=C\c1ccc(O)cc1)c1c[nH]c2ccccc12. The first-order valence-electron chi connectivity index (χ1n) is 6.25. The Kier molecular flexibility index (Phi) is 2.98. The fraction of sp³-hybridized carbons (Fsp3) is 0. The maximum Gasteiger partial charge on any atom is 0.115 e. The van der Waals surface area contributed by atoms with Crippen molar-refractivity contribution in [2.75, 3.05) is 0 Å². The van der Waals surface area contributed by atoms with Gasteiger partial charge in [0.2, 0.25) is 0 Å². The average molecular weight is 260 g/mol. The number of rotatable bonds is 2. The smallest absolute Gasteiger partial charge is 0.115 e. The van der Waals surface area contributed by atoms with E-state index in [0.717, 1.165) is 22.0 Å². The predicted molar refractivity (Wildman–Crippen MR) is 79.9 cm³/mol. The fourth-order valence-corrected chi connectivity index (χ4v) is 2.20. The van der Waals surface area contributed by atoms with Crippen molar-refractivity contribution < 1.29 is 5.11 Å². The number of nitrogens with zero attached hydrogens (tertiary/aromatic N) is 1. The van der Waals surface area contributed by atoms with Gasteiger partial charge in [0.15, 0.2) is 0 Å². The number of allylic oxidation sites excluding steroid dienone is 1. The lowest BCUT2D eigenvalue weighted by Crippen LogP contribution is -1.80. The third kappa shape index (κ3) is 2.15. The molecule has 0 unspecified atom stereocenters. The first-order valence-corrected chi connectivity index (χ1v) is 6.25. The highest BCUT2D eigenvalue weighted by Gasteiger charge is 2.07. The fourth-order valence-electron chi connectivity index (χ4n) is 2.20. The van der Waals surface area contributed by atoms with Crippen molar-refractivity contribution in [2.45, 2.75) is 0 Å². The summed E-state index contributed by atoms with van der Waals surface area (Å²) < 4.78 is 0. The van der Waals surface area contributed by atoms with Gasteiger partial charge in [-0.1, -0.05) is 30.3 Å². The molecule has 0 atom stereocenters. The molecule has 3 heteroatoms. The quantitative estimate of drug-likeness (QED) is 0.686. The summed E-state index contributed by atoms with van der Waals surface area (Å²) in [6, 6.07) is 16.9. The van der Waals surface area contributed by atoms with E-state index in [9.17, 15) is 10.4 Å². The molecule has 0 saturated heterocycles. The van der Waals surface area contributed by atoms with Gasteiger partial charge in [-0.2, -0.15) is 5.26 Å². The molecule has 0 spiro atoms. The largest absolute Gasteiger partial charge is 0.508 e. The van der Waals surface area contributed by atoms with E-state index < -0.39 is 0 Å². The maximum absolute atomic E-state index is 9.39. The molecule has 2 aromatic carbocycles. The highest BCUT2D eigenvalue weighted by Crippen LogP contribution is 2.26. The average Bonchev–Trinajstić information content (AvgIpc) is 2.91. The second kappa shape index (κ2) is 4.94. The molecule has 0 aliphatic carbocycles. The van der Waals surface area contributed by atoms with Crippen LogP contribution < -0.4 is 0 Å². The molecule has 1 aromatic heterocycles. The highest BCUT2D eigenvalue weighted by atomic mass is 16.3. The molecule has 0 fully saturated rings. The number of phenols is 1. The van der Waals surface area contributed by atoms with Gasteiger partial charge in [0.1, 0.15) is 5.75 Å². The van der Waals surface area contributed by atoms with Crippen LogP contribution >= 0.6 is 0 Å². The van der Waals surface area contributed by atoms with Gasteiger partial charge >= 0.3 is 0 Å². The molecular formula is C17H12N2O. The van der Waals surface area contributed by atoms with Crippen molar-refractivity contribution in [3.8, 4) is 11.8 Å². The van der Waals surface area contributed by atoms with Crippen LogP contribution in [0.4, 0.5) is 0 Å². The highest BCUT2D eigenvalue weighted by molar-refractivity contribution is 6.01. The van der Waals surface area contributed by atoms with E-state index in [0.29, 0.717) is 5.57 Å². The minimum Gasteiger partial charge on any atom is -0.508 e. The van der Waals surface area contributed by atoms with Gasteiger partial charge in [-0.15, -0.1) is 0 Å². The van der Waals surface area contributed by atoms with E-state index in [2.05, 4.69) is 11.1 Å². The van der Waals surface area contributed by atoms with Crippen molar-refractivity contribution in [3.63, 3.8) is 0 Å². The van der Waals surface area contributed by atoms with Crippen LogP contribution in [-0.4, -0.2) is 10.1 Å². The van der Waals surface area contributed by atoms with Gasteiger partial charge in [-0.3, -0.25) is 0 Å². The zero-order valence-corrected chi connectivity index (χ0v) is 10.7. The lowest BCUT2D eigenvalue weighted by molar-refractivity contribution is 0.475. The van der Waals surface area contributed by atoms with E-state index in [1.165, 1.54) is 0 Å². The van der Waals surface area contributed by atoms with Crippen LogP contribution in [0.5, 0.6) is 5.75 Å². The molecule has 0 radical (unpaired) electrons. The van der Waals surface area contributed by atoms with Crippen molar-refractivity contribution in [2.24, 2.45) is 0 Å². The second-order valence-electron chi connectivity index (χ2n) is 4.51. The number of aromatic hydroxyl groups is 1. The number of fused-ring (bicyclic) bond motifs is 1. The summed E-state index contributed by atoms with van der Waals surface area (Å²) >= 11 is 0. The standard InChI is InChI=1S/C17H12N2O/c18-10-13(9-12-5-7-14(20)8-6-12)16-11-19-17-4-2-1-3-15(16)17/h1-9,11,19-20H/b13-9+. The number of H-pyrrole nitrogens is 1. The summed E-state index contributed by atoms with van der Waals surface area (Å²) in [7, 11) is 0. The summed E-state index contributed by atoms with van der Waals surface area (Å²) in [6.07, 6.45) is 3.66. The van der Waals surface area contributed by atoms with E-state index in [1.54, 1.807) is 24.3 Å². The van der Waals surface area contributed by atoms with Gasteiger partial charge in [0.05, 0.1) is 11.6 Å². The van der Waals surface area contributed by atoms with Crippen LogP contribution in [0.15, 0.2) is 54.7 Å². The Bertz CT molecular complexity index is 820. The summed E-state index contributed by atoms with van der Waals surface area (Å²) in [4.78, 5) is 3.17. The monoisotopic (exact) mass is 260 g/mol. The molecule has 20 heavy (non-hydrogen) atoms. The van der Waals surface area contributed by atoms with Gasteiger partial charge in [-0.05, 0) is 29.8 Å². The van der Waals surface area contributed by atoms with Crippen LogP contribution in [0, 0.1) is 11.3 Å². The normalized spacial score (nSPS) is 11.4. The Hall–Kier alpha value is -2.99. The van der Waals surface area contributed by atoms with Crippen LogP contribution in [0.25, 0.3) is 22.6 Å². The molecule has 0 saturated carbocycles. The zero-order chi connectivity index (χ0) is 13.9. The third-order valence-electron chi connectivity index (χ3n) is 3.20. The number of nitrogens with one attached hydrogen (secondary N) is 1. The number of hydrogen-bond acceptors (Lipinski definition) is 2. The Labute approximate surface area is 116 Å². The molecule has 96 valence electrons. The second-order valence-corrected chi connectivity index (χ2v) is 4.51. The van der Waals surface area contributed by atoms with Gasteiger partial charge < -0.3 is 10.1 Å². The first kappa shape index (κ1) is 12.1. The maximum atomic E-state index is 9.39. The van der Waals surface area contributed by atoms with Crippen molar-refractivity contribution in [3.05, 3.63) is 65.9 Å². The van der Waals surface area contributed by atoms with E-state index in [-0.39, 0.29) is 5.75 Å². The number of nitriles is 1. The first-order chi connectivity index (χ1) is 9.78. The van der Waals surface area contributed by atoms with Crippen LogP contribution in [-0.2, 0) is 0 Å². The molecule has 0 aliphatic rings. The van der Waals surface area contributed by atoms with E-state index >= 15 is 0 Å². The number of para-hydroxylation sites is 1. The van der Waals surface area contributed by atoms with Crippen molar-refractivity contribution in [1.82, 2.24) is 4.98 Å². The van der Waals surface area contributed by atoms with Gasteiger partial charge in [0, 0.05) is 22.7 Å². The summed E-state index contributed by atoms with van der Waals surface area (Å²) in [5, 5.41) is 19.7. The number of hydrogen-bond donors (Lipinski definition) is 2. The van der Waals surface area contributed by atoms with Gasteiger partial charge in [0.25, 0.3) is 0 Å². The molecule has 0 bridgehead atoms. The summed E-state index contributed by atoms with van der Waals surface area (Å²) in [5.74, 6) is 0.216. The lowest BCUT2D eigenvalue weighted by atomic mass is 10.0. The molecule has 0 amide bonds. The zero-order valence-electron chi connectivity index (χ0n) is 10.7. The molecule has 1 heterocycles. The molecule has 3 rings (SSSR count). The minimum atomic E-state index is 0.216.